The van der Waals surface area contributed by atoms with Crippen LogP contribution < -0.4 is 0 Å². The lowest BCUT2D eigenvalue weighted by molar-refractivity contribution is -0.388. The topological polar surface area (TPSA) is 104 Å². The van der Waals surface area contributed by atoms with Gasteiger partial charge in [-0.3, -0.25) is 10.1 Å². The van der Waals surface area contributed by atoms with Crippen molar-refractivity contribution < 1.29 is 9.85 Å². The third kappa shape index (κ3) is 4.00. The molecule has 0 aliphatic heterocycles. The minimum atomic E-state index is -0.547. The first-order valence-electron chi connectivity index (χ1n) is 8.47. The molecule has 3 rings (SSSR count). The van der Waals surface area contributed by atoms with Crippen molar-refractivity contribution in [3.8, 4) is 11.3 Å². The monoisotopic (exact) mass is 366 g/mol. The highest BCUT2D eigenvalue weighted by atomic mass is 16.6. The van der Waals surface area contributed by atoms with Crippen LogP contribution in [0, 0.1) is 27.2 Å². The molecule has 1 aromatic heterocycles. The summed E-state index contributed by atoms with van der Waals surface area (Å²) in [6.07, 6.45) is 1.58. The first-order chi connectivity index (χ1) is 13.0. The summed E-state index contributed by atoms with van der Waals surface area (Å²) in [6.45, 7) is 2.23. The molecule has 2 aromatic carbocycles. The summed E-state index contributed by atoms with van der Waals surface area (Å²) >= 11 is 0. The molecule has 27 heavy (non-hydrogen) atoms. The van der Waals surface area contributed by atoms with E-state index >= 15 is 0 Å². The van der Waals surface area contributed by atoms with E-state index in [1.165, 1.54) is 23.8 Å². The summed E-state index contributed by atoms with van der Waals surface area (Å²) < 4.78 is 1.76. The van der Waals surface area contributed by atoms with Crippen LogP contribution in [0.3, 0.4) is 0 Å². The van der Waals surface area contributed by atoms with Gasteiger partial charge in [-0.15, -0.1) is 0 Å². The highest BCUT2D eigenvalue weighted by molar-refractivity contribution is 5.70. The minimum absolute atomic E-state index is 0.114. The van der Waals surface area contributed by atoms with Crippen LogP contribution in [0.1, 0.15) is 17.8 Å². The Balaban J connectivity index is 1.95. The number of imidazole rings is 1. The molecule has 138 valence electrons. The van der Waals surface area contributed by atoms with E-state index in [4.69, 9.17) is 0 Å². The lowest BCUT2D eigenvalue weighted by Crippen LogP contribution is -2.05. The van der Waals surface area contributed by atoms with E-state index in [1.54, 1.807) is 17.6 Å². The van der Waals surface area contributed by atoms with Gasteiger partial charge in [-0.05, 0) is 28.3 Å². The van der Waals surface area contributed by atoms with Crippen molar-refractivity contribution in [3.05, 3.63) is 86.2 Å². The van der Waals surface area contributed by atoms with Crippen molar-refractivity contribution in [1.29, 1.82) is 0 Å². The Morgan fingerprint density at radius 2 is 1.74 bits per heavy atom. The lowest BCUT2D eigenvalue weighted by atomic mass is 10.1. The predicted octanol–water partition coefficient (Wildman–Crippen LogP) is 4.31. The van der Waals surface area contributed by atoms with E-state index in [0.29, 0.717) is 23.6 Å². The Hall–Kier alpha value is -3.55. The molecule has 0 saturated carbocycles. The lowest BCUT2D eigenvalue weighted by Gasteiger charge is -2.09. The second-order valence-corrected chi connectivity index (χ2v) is 6.14. The summed E-state index contributed by atoms with van der Waals surface area (Å²) in [7, 11) is 0. The van der Waals surface area contributed by atoms with Gasteiger partial charge in [0.05, 0.1) is 4.92 Å². The molecule has 0 amide bonds. The smallest absolute Gasteiger partial charge is 0.358 e. The van der Waals surface area contributed by atoms with E-state index < -0.39 is 9.85 Å². The summed E-state index contributed by atoms with van der Waals surface area (Å²) in [5.41, 5.74) is 1.78. The van der Waals surface area contributed by atoms with Gasteiger partial charge in [-0.1, -0.05) is 42.5 Å². The van der Waals surface area contributed by atoms with E-state index in [-0.39, 0.29) is 11.5 Å². The van der Waals surface area contributed by atoms with Gasteiger partial charge in [0, 0.05) is 31.2 Å². The molecule has 3 aromatic rings. The van der Waals surface area contributed by atoms with Crippen LogP contribution in [0.4, 0.5) is 11.5 Å². The van der Waals surface area contributed by atoms with Gasteiger partial charge in [-0.25, -0.2) is 0 Å². The van der Waals surface area contributed by atoms with Crippen molar-refractivity contribution in [1.82, 2.24) is 9.55 Å². The van der Waals surface area contributed by atoms with Crippen LogP contribution in [0.15, 0.2) is 54.6 Å². The molecule has 0 saturated heterocycles. The highest BCUT2D eigenvalue weighted by Gasteiger charge is 2.27. The summed E-state index contributed by atoms with van der Waals surface area (Å²) in [4.78, 5) is 25.6. The Kier molecular flexibility index (Phi) is 5.25. The van der Waals surface area contributed by atoms with Crippen molar-refractivity contribution in [2.45, 2.75) is 26.3 Å². The summed E-state index contributed by atoms with van der Waals surface area (Å²) in [5.74, 6) is 0.226. The van der Waals surface area contributed by atoms with Crippen LogP contribution in [0.5, 0.6) is 0 Å². The number of rotatable bonds is 7. The SMILES string of the molecule is Cc1nc([N+](=O)[O-])c(-c2cccc([N+](=O)[O-])c2)n1CCCc1ccccc1. The summed E-state index contributed by atoms with van der Waals surface area (Å²) in [5, 5.41) is 22.5. The van der Waals surface area contributed by atoms with Crippen molar-refractivity contribution >= 4 is 11.5 Å². The molecular formula is C19H18N4O4. The Labute approximate surface area is 155 Å². The van der Waals surface area contributed by atoms with E-state index in [1.807, 2.05) is 30.3 Å². The van der Waals surface area contributed by atoms with Crippen LogP contribution >= 0.6 is 0 Å². The Morgan fingerprint density at radius 1 is 1.00 bits per heavy atom. The third-order valence-corrected chi connectivity index (χ3v) is 4.33. The molecule has 0 aliphatic carbocycles. The van der Waals surface area contributed by atoms with E-state index in [0.717, 1.165) is 12.8 Å². The molecule has 0 N–H and O–H groups in total. The van der Waals surface area contributed by atoms with Gasteiger partial charge in [0.15, 0.2) is 5.69 Å². The Morgan fingerprint density at radius 3 is 2.41 bits per heavy atom. The van der Waals surface area contributed by atoms with E-state index in [2.05, 4.69) is 4.98 Å². The maximum absolute atomic E-state index is 11.5. The van der Waals surface area contributed by atoms with Crippen molar-refractivity contribution in [2.24, 2.45) is 0 Å². The van der Waals surface area contributed by atoms with Crippen LogP contribution in [-0.2, 0) is 13.0 Å². The molecule has 0 fully saturated rings. The fourth-order valence-electron chi connectivity index (χ4n) is 3.09. The molecule has 0 atom stereocenters. The Bertz CT molecular complexity index is 983. The molecule has 8 heteroatoms. The van der Waals surface area contributed by atoms with Gasteiger partial charge >= 0.3 is 5.82 Å². The van der Waals surface area contributed by atoms with Crippen LogP contribution in [-0.4, -0.2) is 19.4 Å². The predicted molar refractivity (Wildman–Crippen MR) is 100 cm³/mol. The van der Waals surface area contributed by atoms with Crippen molar-refractivity contribution in [3.63, 3.8) is 0 Å². The maximum Gasteiger partial charge on any atom is 0.390 e. The molecule has 1 heterocycles. The largest absolute Gasteiger partial charge is 0.390 e. The maximum atomic E-state index is 11.5. The van der Waals surface area contributed by atoms with Crippen LogP contribution in [0.2, 0.25) is 0 Å². The van der Waals surface area contributed by atoms with Gasteiger partial charge in [0.2, 0.25) is 5.82 Å². The average molecular weight is 366 g/mol. The number of aryl methyl sites for hydroxylation is 2. The van der Waals surface area contributed by atoms with E-state index in [9.17, 15) is 20.2 Å². The highest BCUT2D eigenvalue weighted by Crippen LogP contribution is 2.32. The zero-order valence-electron chi connectivity index (χ0n) is 14.7. The number of nitro groups is 2. The number of nitro benzene ring substituents is 1. The number of nitrogens with zero attached hydrogens (tertiary/aromatic N) is 4. The fraction of sp³-hybridized carbons (Fsp3) is 0.211. The molecule has 0 unspecified atom stereocenters. The number of hydrogen-bond acceptors (Lipinski definition) is 5. The zero-order valence-corrected chi connectivity index (χ0v) is 14.7. The average Bonchev–Trinajstić information content (AvgIpc) is 2.99. The molecular weight excluding hydrogens is 348 g/mol. The molecule has 0 bridgehead atoms. The minimum Gasteiger partial charge on any atom is -0.358 e. The first-order valence-corrected chi connectivity index (χ1v) is 8.47. The van der Waals surface area contributed by atoms with Crippen LogP contribution in [0.25, 0.3) is 11.3 Å². The first kappa shape index (κ1) is 18.2. The second-order valence-electron chi connectivity index (χ2n) is 6.14. The van der Waals surface area contributed by atoms with Gasteiger partial charge in [-0.2, -0.15) is 0 Å². The normalized spacial score (nSPS) is 10.7. The number of aromatic nitrogens is 2. The van der Waals surface area contributed by atoms with Crippen molar-refractivity contribution in [2.75, 3.05) is 0 Å². The van der Waals surface area contributed by atoms with Gasteiger partial charge < -0.3 is 14.7 Å². The molecule has 8 nitrogen and oxygen atoms in total. The van der Waals surface area contributed by atoms with Gasteiger partial charge in [0.25, 0.3) is 5.69 Å². The number of hydrogen-bond donors (Lipinski definition) is 0. The third-order valence-electron chi connectivity index (χ3n) is 4.33. The second kappa shape index (κ2) is 7.77. The summed E-state index contributed by atoms with van der Waals surface area (Å²) in [6, 6.07) is 15.8. The molecule has 0 spiro atoms. The molecule has 0 radical (unpaired) electrons. The quantitative estimate of drug-likeness (QED) is 0.458. The fourth-order valence-corrected chi connectivity index (χ4v) is 3.09. The van der Waals surface area contributed by atoms with Gasteiger partial charge in [0.1, 0.15) is 0 Å². The standard InChI is InChI=1S/C19H18N4O4/c1-14-20-19(23(26)27)18(16-10-5-11-17(13-16)22(24)25)21(14)12-6-9-15-7-3-2-4-8-15/h2-5,7-8,10-11,13H,6,9,12H2,1H3. The molecule has 0 aliphatic rings. The number of benzene rings is 2. The zero-order chi connectivity index (χ0) is 19.4. The number of non-ortho nitro benzene ring substituents is 1.